The molecule has 0 bridgehead atoms. The number of hydrogen-bond acceptors (Lipinski definition) is 5. The lowest BCUT2D eigenvalue weighted by atomic mass is 10.3. The highest BCUT2D eigenvalue weighted by Gasteiger charge is 2.19. The van der Waals surface area contributed by atoms with Gasteiger partial charge in [-0.05, 0) is 13.0 Å². The Kier molecular flexibility index (Phi) is 2.70. The summed E-state index contributed by atoms with van der Waals surface area (Å²) in [6.07, 6.45) is 0. The van der Waals surface area contributed by atoms with Crippen LogP contribution in [0.25, 0.3) is 0 Å². The van der Waals surface area contributed by atoms with Gasteiger partial charge in [-0.3, -0.25) is 10.1 Å². The second kappa shape index (κ2) is 3.77. The third kappa shape index (κ3) is 1.82. The van der Waals surface area contributed by atoms with Crippen molar-refractivity contribution in [1.82, 2.24) is 4.98 Å². The van der Waals surface area contributed by atoms with Gasteiger partial charge in [0.1, 0.15) is 0 Å². The maximum absolute atomic E-state index is 10.5. The number of aryl methyl sites for hydroxylation is 1. The molecule has 74 valence electrons. The standard InChI is InChI=1S/C7H8N4O3/c1-5-3-4-6(11(13)14)7(8-5)10(2)9-12/h3-4H,1-2H3. The van der Waals surface area contributed by atoms with Gasteiger partial charge < -0.3 is 0 Å². The average molecular weight is 196 g/mol. The van der Waals surface area contributed by atoms with Crippen molar-refractivity contribution in [2.75, 3.05) is 12.1 Å². The highest BCUT2D eigenvalue weighted by Crippen LogP contribution is 2.24. The van der Waals surface area contributed by atoms with E-state index in [1.807, 2.05) is 0 Å². The first-order valence-corrected chi connectivity index (χ1v) is 3.75. The number of hydrogen-bond donors (Lipinski definition) is 0. The van der Waals surface area contributed by atoms with Crippen molar-refractivity contribution in [1.29, 1.82) is 0 Å². The Morgan fingerprint density at radius 3 is 2.71 bits per heavy atom. The van der Waals surface area contributed by atoms with Crippen LogP contribution in [0.4, 0.5) is 11.5 Å². The van der Waals surface area contributed by atoms with E-state index in [0.29, 0.717) is 5.69 Å². The Hall–Kier alpha value is -2.05. The number of anilines is 1. The predicted molar refractivity (Wildman–Crippen MR) is 49.8 cm³/mol. The largest absolute Gasteiger partial charge is 0.313 e. The summed E-state index contributed by atoms with van der Waals surface area (Å²) in [6.45, 7) is 1.67. The molecule has 1 heterocycles. The van der Waals surface area contributed by atoms with Crippen molar-refractivity contribution in [3.05, 3.63) is 32.8 Å². The average Bonchev–Trinajstić information content (AvgIpc) is 2.16. The van der Waals surface area contributed by atoms with E-state index in [4.69, 9.17) is 0 Å². The number of nitro groups is 1. The van der Waals surface area contributed by atoms with E-state index < -0.39 is 4.92 Å². The van der Waals surface area contributed by atoms with Crippen LogP contribution >= 0.6 is 0 Å². The Balaban J connectivity index is 3.29. The molecule has 0 aliphatic heterocycles. The number of aromatic nitrogens is 1. The van der Waals surface area contributed by atoms with Gasteiger partial charge >= 0.3 is 5.69 Å². The van der Waals surface area contributed by atoms with Crippen molar-refractivity contribution in [2.45, 2.75) is 6.92 Å². The van der Waals surface area contributed by atoms with Gasteiger partial charge in [0.15, 0.2) is 0 Å². The Bertz CT molecular complexity index is 379. The molecule has 0 N–H and O–H groups in total. The third-order valence-corrected chi connectivity index (χ3v) is 1.62. The molecule has 7 nitrogen and oxygen atoms in total. The maximum Gasteiger partial charge on any atom is 0.313 e. The molecule has 0 amide bonds. The first-order valence-electron chi connectivity index (χ1n) is 3.75. The van der Waals surface area contributed by atoms with Crippen LogP contribution in [0.15, 0.2) is 17.4 Å². The van der Waals surface area contributed by atoms with Gasteiger partial charge in [-0.25, -0.2) is 9.99 Å². The molecular weight excluding hydrogens is 188 g/mol. The minimum Gasteiger partial charge on any atom is -0.258 e. The van der Waals surface area contributed by atoms with Gasteiger partial charge in [-0.1, -0.05) is 0 Å². The molecule has 1 aromatic rings. The van der Waals surface area contributed by atoms with Crippen LogP contribution in [0.2, 0.25) is 0 Å². The fourth-order valence-corrected chi connectivity index (χ4v) is 0.955. The minimum atomic E-state index is -0.608. The van der Waals surface area contributed by atoms with Crippen LogP contribution in [0.3, 0.4) is 0 Å². The van der Waals surface area contributed by atoms with E-state index in [1.165, 1.54) is 19.2 Å². The maximum atomic E-state index is 10.5. The SMILES string of the molecule is Cc1ccc([N+](=O)[O-])c(N(C)N=O)n1. The molecule has 0 atom stereocenters. The first-order chi connectivity index (χ1) is 6.56. The van der Waals surface area contributed by atoms with Crippen LogP contribution < -0.4 is 5.01 Å². The zero-order valence-corrected chi connectivity index (χ0v) is 7.67. The number of nitrogens with zero attached hydrogens (tertiary/aromatic N) is 4. The van der Waals surface area contributed by atoms with Crippen LogP contribution in [-0.4, -0.2) is 17.0 Å². The molecule has 0 aromatic carbocycles. The Labute approximate surface area is 79.5 Å². The van der Waals surface area contributed by atoms with E-state index in [2.05, 4.69) is 10.3 Å². The molecule has 0 unspecified atom stereocenters. The molecule has 1 aromatic heterocycles. The lowest BCUT2D eigenvalue weighted by molar-refractivity contribution is -0.384. The van der Waals surface area contributed by atoms with Crippen LogP contribution in [0.5, 0.6) is 0 Å². The normalized spacial score (nSPS) is 9.57. The number of rotatable bonds is 3. The van der Waals surface area contributed by atoms with E-state index >= 15 is 0 Å². The van der Waals surface area contributed by atoms with Gasteiger partial charge in [-0.15, -0.1) is 4.91 Å². The summed E-state index contributed by atoms with van der Waals surface area (Å²) in [5.74, 6) is -0.0509. The molecule has 1 rings (SSSR count). The monoisotopic (exact) mass is 196 g/mol. The van der Waals surface area contributed by atoms with Crippen LogP contribution in [0.1, 0.15) is 5.69 Å². The van der Waals surface area contributed by atoms with E-state index in [0.717, 1.165) is 5.01 Å². The first kappa shape index (κ1) is 10.0. The summed E-state index contributed by atoms with van der Waals surface area (Å²) in [7, 11) is 1.31. The lowest BCUT2D eigenvalue weighted by Crippen LogP contribution is -2.11. The summed E-state index contributed by atoms with van der Waals surface area (Å²) in [5, 5.41) is 13.9. The fourth-order valence-electron chi connectivity index (χ4n) is 0.955. The zero-order valence-electron chi connectivity index (χ0n) is 7.67. The van der Waals surface area contributed by atoms with Crippen molar-refractivity contribution >= 4 is 11.5 Å². The van der Waals surface area contributed by atoms with Gasteiger partial charge in [0.25, 0.3) is 0 Å². The fraction of sp³-hybridized carbons (Fsp3) is 0.286. The zero-order chi connectivity index (χ0) is 10.7. The van der Waals surface area contributed by atoms with Gasteiger partial charge in [0.05, 0.1) is 10.2 Å². The van der Waals surface area contributed by atoms with Crippen LogP contribution in [-0.2, 0) is 0 Å². The second-order valence-corrected chi connectivity index (χ2v) is 2.66. The van der Waals surface area contributed by atoms with Crippen molar-refractivity contribution in [2.24, 2.45) is 5.29 Å². The number of nitroso groups, excluding NO2 is 1. The summed E-state index contributed by atoms with van der Waals surface area (Å²) in [5.41, 5.74) is 0.346. The van der Waals surface area contributed by atoms with Crippen molar-refractivity contribution < 1.29 is 4.92 Å². The molecule has 7 heteroatoms. The molecule has 0 fully saturated rings. The van der Waals surface area contributed by atoms with Crippen LogP contribution in [0, 0.1) is 21.9 Å². The molecule has 14 heavy (non-hydrogen) atoms. The molecule has 0 aliphatic rings. The highest BCUT2D eigenvalue weighted by molar-refractivity contribution is 5.56. The summed E-state index contributed by atoms with van der Waals surface area (Å²) in [6, 6.07) is 2.79. The molecule has 0 saturated heterocycles. The summed E-state index contributed by atoms with van der Waals surface area (Å²) in [4.78, 5) is 24.0. The van der Waals surface area contributed by atoms with Gasteiger partial charge in [-0.2, -0.15) is 0 Å². The Morgan fingerprint density at radius 1 is 1.57 bits per heavy atom. The summed E-state index contributed by atoms with van der Waals surface area (Å²) < 4.78 is 0. The molecular formula is C7H8N4O3. The quantitative estimate of drug-likeness (QED) is 0.414. The molecule has 0 spiro atoms. The highest BCUT2D eigenvalue weighted by atomic mass is 16.6. The molecule has 0 radical (unpaired) electrons. The van der Waals surface area contributed by atoms with Gasteiger partial charge in [0, 0.05) is 18.8 Å². The van der Waals surface area contributed by atoms with Gasteiger partial charge in [0.2, 0.25) is 5.82 Å². The van der Waals surface area contributed by atoms with E-state index in [-0.39, 0.29) is 11.5 Å². The second-order valence-electron chi connectivity index (χ2n) is 2.66. The Morgan fingerprint density at radius 2 is 2.21 bits per heavy atom. The molecule has 0 aliphatic carbocycles. The topological polar surface area (TPSA) is 88.7 Å². The number of pyridine rings is 1. The minimum absolute atomic E-state index is 0.0509. The predicted octanol–water partition coefficient (Wildman–Crippen LogP) is 1.42. The van der Waals surface area contributed by atoms with E-state index in [1.54, 1.807) is 6.92 Å². The van der Waals surface area contributed by atoms with Crippen molar-refractivity contribution in [3.8, 4) is 0 Å². The third-order valence-electron chi connectivity index (χ3n) is 1.62. The van der Waals surface area contributed by atoms with Crippen molar-refractivity contribution in [3.63, 3.8) is 0 Å². The lowest BCUT2D eigenvalue weighted by Gasteiger charge is -2.07. The summed E-state index contributed by atoms with van der Waals surface area (Å²) >= 11 is 0. The molecule has 0 saturated carbocycles. The smallest absolute Gasteiger partial charge is 0.258 e. The van der Waals surface area contributed by atoms with E-state index in [9.17, 15) is 15.0 Å².